The van der Waals surface area contributed by atoms with Crippen molar-refractivity contribution in [3.8, 4) is 17.2 Å². The largest absolute Gasteiger partial charge is 0.489 e. The summed E-state index contributed by atoms with van der Waals surface area (Å²) in [6.45, 7) is 7.73. The van der Waals surface area contributed by atoms with Crippen LogP contribution < -0.4 is 14.2 Å². The van der Waals surface area contributed by atoms with Crippen molar-refractivity contribution in [2.24, 2.45) is 5.92 Å². The van der Waals surface area contributed by atoms with Crippen molar-refractivity contribution in [1.82, 2.24) is 0 Å². The van der Waals surface area contributed by atoms with Crippen LogP contribution in [0.1, 0.15) is 81.0 Å². The molecule has 5 heteroatoms. The van der Waals surface area contributed by atoms with E-state index in [1.54, 1.807) is 0 Å². The number of fused-ring (bicyclic) bond motifs is 3. The van der Waals surface area contributed by atoms with E-state index in [9.17, 15) is 0 Å². The Bertz CT molecular complexity index is 1520. The number of hydrogen-bond donors (Lipinski definition) is 0. The summed E-state index contributed by atoms with van der Waals surface area (Å²) in [5.41, 5.74) is 4.51. The van der Waals surface area contributed by atoms with Crippen LogP contribution in [0.15, 0.2) is 102 Å². The van der Waals surface area contributed by atoms with Crippen molar-refractivity contribution in [3.63, 3.8) is 0 Å². The summed E-state index contributed by atoms with van der Waals surface area (Å²) in [6, 6.07) is 33.6. The van der Waals surface area contributed by atoms with Gasteiger partial charge in [0.15, 0.2) is 0 Å². The van der Waals surface area contributed by atoms with Crippen LogP contribution in [0.25, 0.3) is 0 Å². The molecule has 236 valence electrons. The van der Waals surface area contributed by atoms with Gasteiger partial charge in [0, 0.05) is 23.5 Å². The molecule has 1 aliphatic heterocycles. The molecule has 2 aliphatic rings. The quantitative estimate of drug-likeness (QED) is 0.150. The maximum absolute atomic E-state index is 6.89. The maximum Gasteiger partial charge on any atom is 0.145 e. The van der Waals surface area contributed by atoms with Crippen molar-refractivity contribution in [2.45, 2.75) is 96.2 Å². The van der Waals surface area contributed by atoms with Crippen LogP contribution >= 0.6 is 15.9 Å². The van der Waals surface area contributed by atoms with Crippen molar-refractivity contribution in [3.05, 3.63) is 124 Å². The SMILES string of the molecule is C[C@H](CCCc1ccccc1)Oc1cc(OCc2ccccc2)c2c(c1Br)OC(C)(C)[C@@H]1CC[C@@H](OCc3ccccc3)C[C@@H]21. The van der Waals surface area contributed by atoms with Gasteiger partial charge in [-0.3, -0.25) is 0 Å². The molecule has 45 heavy (non-hydrogen) atoms. The lowest BCUT2D eigenvalue weighted by Gasteiger charge is -2.49. The van der Waals surface area contributed by atoms with E-state index < -0.39 is 0 Å². The lowest BCUT2D eigenvalue weighted by Crippen LogP contribution is -2.48. The molecule has 0 saturated heterocycles. The summed E-state index contributed by atoms with van der Waals surface area (Å²) in [5.74, 6) is 3.07. The number of hydrogen-bond acceptors (Lipinski definition) is 4. The number of halogens is 1. The number of aryl methyl sites for hydroxylation is 1. The molecule has 0 unspecified atom stereocenters. The fraction of sp³-hybridized carbons (Fsp3) is 0.400. The fourth-order valence-electron chi connectivity index (χ4n) is 7.07. The Balaban J connectivity index is 1.26. The second-order valence-electron chi connectivity index (χ2n) is 13.2. The molecule has 4 nitrogen and oxygen atoms in total. The molecule has 0 radical (unpaired) electrons. The minimum Gasteiger partial charge on any atom is -0.489 e. The molecule has 0 bridgehead atoms. The van der Waals surface area contributed by atoms with E-state index in [1.165, 1.54) is 11.1 Å². The molecular formula is C40H45BrO4. The fourth-order valence-corrected chi connectivity index (χ4v) is 7.57. The molecule has 0 N–H and O–H groups in total. The Morgan fingerprint density at radius 1 is 0.822 bits per heavy atom. The number of rotatable bonds is 12. The first-order chi connectivity index (χ1) is 21.9. The summed E-state index contributed by atoms with van der Waals surface area (Å²) in [6.07, 6.45) is 6.27. The second kappa shape index (κ2) is 14.4. The van der Waals surface area contributed by atoms with Crippen molar-refractivity contribution >= 4 is 15.9 Å². The van der Waals surface area contributed by atoms with Crippen molar-refractivity contribution < 1.29 is 18.9 Å². The normalized spacial score (nSPS) is 20.8. The van der Waals surface area contributed by atoms with Crippen LogP contribution in [0.5, 0.6) is 17.2 Å². The monoisotopic (exact) mass is 668 g/mol. The molecule has 0 amide bonds. The molecule has 4 aromatic carbocycles. The van der Waals surface area contributed by atoms with Crippen LogP contribution in [0.4, 0.5) is 0 Å². The minimum absolute atomic E-state index is 0.0415. The standard InChI is InChI=1S/C40H45BrO4/c1-28(14-13-21-29-15-7-4-8-16-29)44-36-25-35(43-27-31-19-11-6-12-20-31)37-33-24-32(42-26-30-17-9-5-10-18-30)22-23-34(33)40(2,3)45-39(37)38(36)41/h4-12,15-20,25,28,32-34H,13-14,21-24,26-27H2,1-3H3/t28-,32-,33-,34-/m1/s1. The van der Waals surface area contributed by atoms with Crippen LogP contribution in [0.3, 0.4) is 0 Å². The first-order valence-electron chi connectivity index (χ1n) is 16.5. The van der Waals surface area contributed by atoms with Gasteiger partial charge in [-0.25, -0.2) is 0 Å². The van der Waals surface area contributed by atoms with Crippen LogP contribution in [0, 0.1) is 5.92 Å². The summed E-state index contributed by atoms with van der Waals surface area (Å²) in [5, 5.41) is 0. The van der Waals surface area contributed by atoms with Crippen molar-refractivity contribution in [2.75, 3.05) is 0 Å². The van der Waals surface area contributed by atoms with Crippen molar-refractivity contribution in [1.29, 1.82) is 0 Å². The van der Waals surface area contributed by atoms with E-state index in [0.29, 0.717) is 19.1 Å². The van der Waals surface area contributed by atoms with E-state index in [0.717, 1.165) is 71.4 Å². The molecule has 4 atom stereocenters. The van der Waals surface area contributed by atoms with Gasteiger partial charge in [-0.05, 0) is 91.9 Å². The predicted molar refractivity (Wildman–Crippen MR) is 184 cm³/mol. The third-order valence-electron chi connectivity index (χ3n) is 9.43. The molecule has 4 aromatic rings. The first-order valence-corrected chi connectivity index (χ1v) is 17.2. The van der Waals surface area contributed by atoms with Gasteiger partial charge in [-0.2, -0.15) is 0 Å². The lowest BCUT2D eigenvalue weighted by molar-refractivity contribution is -0.0569. The predicted octanol–water partition coefficient (Wildman–Crippen LogP) is 10.5. The Labute approximate surface area is 277 Å². The zero-order valence-corrected chi connectivity index (χ0v) is 28.3. The number of ether oxygens (including phenoxy) is 4. The second-order valence-corrected chi connectivity index (χ2v) is 14.0. The van der Waals surface area contributed by atoms with E-state index in [1.807, 2.05) is 12.1 Å². The third-order valence-corrected chi connectivity index (χ3v) is 10.2. The van der Waals surface area contributed by atoms with Gasteiger partial charge in [0.05, 0.1) is 18.8 Å². The lowest BCUT2D eigenvalue weighted by atomic mass is 9.66. The molecule has 1 aliphatic carbocycles. The topological polar surface area (TPSA) is 36.9 Å². The average Bonchev–Trinajstić information content (AvgIpc) is 3.06. The molecule has 0 spiro atoms. The minimum atomic E-state index is -0.332. The Hall–Kier alpha value is -3.28. The van der Waals surface area contributed by atoms with Gasteiger partial charge >= 0.3 is 0 Å². The van der Waals surface area contributed by atoms with Gasteiger partial charge < -0.3 is 18.9 Å². The first kappa shape index (κ1) is 31.7. The summed E-state index contributed by atoms with van der Waals surface area (Å²) in [4.78, 5) is 0. The van der Waals surface area contributed by atoms with Gasteiger partial charge in [-0.15, -0.1) is 0 Å². The van der Waals surface area contributed by atoms with Gasteiger partial charge in [-0.1, -0.05) is 91.0 Å². The summed E-state index contributed by atoms with van der Waals surface area (Å²) >= 11 is 3.94. The zero-order valence-electron chi connectivity index (χ0n) is 26.7. The molecule has 1 heterocycles. The smallest absolute Gasteiger partial charge is 0.145 e. The highest BCUT2D eigenvalue weighted by Gasteiger charge is 2.49. The van der Waals surface area contributed by atoms with Crippen LogP contribution in [0.2, 0.25) is 0 Å². The van der Waals surface area contributed by atoms with E-state index in [4.69, 9.17) is 18.9 Å². The van der Waals surface area contributed by atoms with Crippen LogP contribution in [-0.2, 0) is 24.4 Å². The highest BCUT2D eigenvalue weighted by molar-refractivity contribution is 9.10. The molecule has 1 fully saturated rings. The highest BCUT2D eigenvalue weighted by atomic mass is 79.9. The number of benzene rings is 4. The van der Waals surface area contributed by atoms with E-state index >= 15 is 0 Å². The highest BCUT2D eigenvalue weighted by Crippen LogP contribution is 2.58. The van der Waals surface area contributed by atoms with Gasteiger partial charge in [0.25, 0.3) is 0 Å². The Morgan fingerprint density at radius 3 is 2.11 bits per heavy atom. The van der Waals surface area contributed by atoms with E-state index in [-0.39, 0.29) is 23.7 Å². The molecular weight excluding hydrogens is 624 g/mol. The maximum atomic E-state index is 6.89. The average molecular weight is 670 g/mol. The molecule has 6 rings (SSSR count). The molecule has 1 saturated carbocycles. The van der Waals surface area contributed by atoms with E-state index in [2.05, 4.69) is 122 Å². The third kappa shape index (κ3) is 7.76. The Kier molecular flexibility index (Phi) is 10.2. The van der Waals surface area contributed by atoms with Gasteiger partial charge in [0.2, 0.25) is 0 Å². The summed E-state index contributed by atoms with van der Waals surface area (Å²) < 4.78 is 27.6. The summed E-state index contributed by atoms with van der Waals surface area (Å²) in [7, 11) is 0. The molecule has 0 aromatic heterocycles. The van der Waals surface area contributed by atoms with Gasteiger partial charge in [0.1, 0.15) is 33.9 Å². The van der Waals surface area contributed by atoms with Crippen LogP contribution in [-0.4, -0.2) is 17.8 Å². The Morgan fingerprint density at radius 2 is 1.44 bits per heavy atom. The zero-order chi connectivity index (χ0) is 31.2.